The van der Waals surface area contributed by atoms with E-state index < -0.39 is 0 Å². The number of aromatic nitrogens is 1. The standard InChI is InChI=1S/C16H21N3O2S/c1-5-21-14-6-7-15(11(2)8-14)18-16(20)19(4)9-13-10-22-12(3)17-13/h6-8,10H,5,9H2,1-4H3,(H,18,20). The van der Waals surface area contributed by atoms with Crippen LogP contribution in [0.2, 0.25) is 0 Å². The number of rotatable bonds is 5. The first-order chi connectivity index (χ1) is 10.5. The summed E-state index contributed by atoms with van der Waals surface area (Å²) in [5.74, 6) is 0.810. The van der Waals surface area contributed by atoms with E-state index in [0.717, 1.165) is 27.7 Å². The van der Waals surface area contributed by atoms with Crippen molar-refractivity contribution in [3.63, 3.8) is 0 Å². The van der Waals surface area contributed by atoms with Crippen molar-refractivity contribution in [2.24, 2.45) is 0 Å². The van der Waals surface area contributed by atoms with Gasteiger partial charge in [0, 0.05) is 18.1 Å². The minimum atomic E-state index is -0.155. The number of carbonyl (C=O) groups is 1. The number of nitrogens with zero attached hydrogens (tertiary/aromatic N) is 2. The summed E-state index contributed by atoms with van der Waals surface area (Å²) in [5, 5.41) is 5.89. The first-order valence-electron chi connectivity index (χ1n) is 7.16. The van der Waals surface area contributed by atoms with Crippen molar-refractivity contribution in [2.45, 2.75) is 27.3 Å². The molecule has 0 atom stereocenters. The minimum Gasteiger partial charge on any atom is -0.494 e. The molecule has 0 bridgehead atoms. The second-order valence-electron chi connectivity index (χ2n) is 5.05. The average Bonchev–Trinajstić information content (AvgIpc) is 2.87. The van der Waals surface area contributed by atoms with E-state index in [1.54, 1.807) is 23.3 Å². The summed E-state index contributed by atoms with van der Waals surface area (Å²) in [7, 11) is 1.76. The summed E-state index contributed by atoms with van der Waals surface area (Å²) >= 11 is 1.59. The van der Waals surface area contributed by atoms with Gasteiger partial charge in [-0.25, -0.2) is 9.78 Å². The summed E-state index contributed by atoms with van der Waals surface area (Å²) < 4.78 is 5.45. The summed E-state index contributed by atoms with van der Waals surface area (Å²) in [5.41, 5.74) is 2.66. The van der Waals surface area contributed by atoms with Crippen LogP contribution in [0.25, 0.3) is 0 Å². The summed E-state index contributed by atoms with van der Waals surface area (Å²) in [4.78, 5) is 18.2. The summed E-state index contributed by atoms with van der Waals surface area (Å²) in [6, 6.07) is 5.48. The molecule has 118 valence electrons. The van der Waals surface area contributed by atoms with Gasteiger partial charge < -0.3 is 15.0 Å². The number of anilines is 1. The van der Waals surface area contributed by atoms with Gasteiger partial charge in [0.1, 0.15) is 5.75 Å². The topological polar surface area (TPSA) is 54.5 Å². The van der Waals surface area contributed by atoms with Crippen LogP contribution in [0.15, 0.2) is 23.6 Å². The molecule has 1 aromatic heterocycles. The molecule has 5 nitrogen and oxygen atoms in total. The van der Waals surface area contributed by atoms with Crippen molar-refractivity contribution in [3.8, 4) is 5.75 Å². The highest BCUT2D eigenvalue weighted by atomic mass is 32.1. The molecule has 0 saturated heterocycles. The van der Waals surface area contributed by atoms with Crippen LogP contribution in [0.5, 0.6) is 5.75 Å². The van der Waals surface area contributed by atoms with Crippen LogP contribution >= 0.6 is 11.3 Å². The maximum atomic E-state index is 12.2. The van der Waals surface area contributed by atoms with Gasteiger partial charge in [0.25, 0.3) is 0 Å². The molecule has 0 spiro atoms. The maximum Gasteiger partial charge on any atom is 0.321 e. The van der Waals surface area contributed by atoms with Gasteiger partial charge in [-0.15, -0.1) is 11.3 Å². The minimum absolute atomic E-state index is 0.155. The molecule has 0 fully saturated rings. The third kappa shape index (κ3) is 4.21. The molecule has 6 heteroatoms. The van der Waals surface area contributed by atoms with E-state index in [0.29, 0.717) is 13.2 Å². The fourth-order valence-corrected chi connectivity index (χ4v) is 2.64. The number of urea groups is 1. The van der Waals surface area contributed by atoms with Crippen LogP contribution in [-0.4, -0.2) is 29.6 Å². The zero-order valence-electron chi connectivity index (χ0n) is 13.3. The number of hydrogen-bond donors (Lipinski definition) is 1. The van der Waals surface area contributed by atoms with Gasteiger partial charge in [-0.1, -0.05) is 0 Å². The molecule has 0 radical (unpaired) electrons. The van der Waals surface area contributed by atoms with Crippen LogP contribution < -0.4 is 10.1 Å². The Bertz CT molecular complexity index is 655. The molecule has 0 aliphatic heterocycles. The number of ether oxygens (including phenoxy) is 1. The highest BCUT2D eigenvalue weighted by Gasteiger charge is 2.12. The van der Waals surface area contributed by atoms with E-state index in [1.807, 2.05) is 44.4 Å². The van der Waals surface area contributed by atoms with Gasteiger partial charge in [-0.2, -0.15) is 0 Å². The largest absolute Gasteiger partial charge is 0.494 e. The molecule has 1 aromatic carbocycles. The fourth-order valence-electron chi connectivity index (χ4n) is 2.04. The Hall–Kier alpha value is -2.08. The molecular weight excluding hydrogens is 298 g/mol. The monoisotopic (exact) mass is 319 g/mol. The Labute approximate surface area is 134 Å². The van der Waals surface area contributed by atoms with Crippen molar-refractivity contribution in [1.82, 2.24) is 9.88 Å². The van der Waals surface area contributed by atoms with E-state index in [9.17, 15) is 4.79 Å². The quantitative estimate of drug-likeness (QED) is 0.911. The molecule has 0 aliphatic rings. The Morgan fingerprint density at radius 1 is 1.41 bits per heavy atom. The molecule has 0 unspecified atom stereocenters. The highest BCUT2D eigenvalue weighted by molar-refractivity contribution is 7.09. The Morgan fingerprint density at radius 2 is 2.18 bits per heavy atom. The first-order valence-corrected chi connectivity index (χ1v) is 8.04. The third-order valence-electron chi connectivity index (χ3n) is 3.16. The lowest BCUT2D eigenvalue weighted by Crippen LogP contribution is -2.31. The Balaban J connectivity index is 1.98. The number of thiazole rings is 1. The van der Waals surface area contributed by atoms with Crippen LogP contribution in [0.1, 0.15) is 23.2 Å². The van der Waals surface area contributed by atoms with E-state index >= 15 is 0 Å². The van der Waals surface area contributed by atoms with Crippen molar-refractivity contribution in [1.29, 1.82) is 0 Å². The van der Waals surface area contributed by atoms with Gasteiger partial charge in [0.2, 0.25) is 0 Å². The first kappa shape index (κ1) is 16.3. The number of carbonyl (C=O) groups excluding carboxylic acids is 1. The average molecular weight is 319 g/mol. The lowest BCUT2D eigenvalue weighted by atomic mass is 10.2. The van der Waals surface area contributed by atoms with Crippen molar-refractivity contribution in [2.75, 3.05) is 19.0 Å². The number of hydrogen-bond acceptors (Lipinski definition) is 4. The van der Waals surface area contributed by atoms with Crippen LogP contribution in [0, 0.1) is 13.8 Å². The van der Waals surface area contributed by atoms with Gasteiger partial charge in [0.15, 0.2) is 0 Å². The van der Waals surface area contributed by atoms with Gasteiger partial charge in [-0.05, 0) is 44.5 Å². The van der Waals surface area contributed by atoms with Crippen molar-refractivity contribution < 1.29 is 9.53 Å². The van der Waals surface area contributed by atoms with Gasteiger partial charge >= 0.3 is 6.03 Å². The SMILES string of the molecule is CCOc1ccc(NC(=O)N(C)Cc2csc(C)n2)c(C)c1. The molecule has 22 heavy (non-hydrogen) atoms. The Kier molecular flexibility index (Phi) is 5.38. The molecule has 0 aliphatic carbocycles. The normalized spacial score (nSPS) is 10.4. The van der Waals surface area contributed by atoms with E-state index in [-0.39, 0.29) is 6.03 Å². The van der Waals surface area contributed by atoms with Crippen LogP contribution in [0.3, 0.4) is 0 Å². The predicted octanol–water partition coefficient (Wildman–Crippen LogP) is 3.82. The molecule has 1 heterocycles. The second-order valence-corrected chi connectivity index (χ2v) is 6.12. The van der Waals surface area contributed by atoms with E-state index in [1.165, 1.54) is 0 Å². The van der Waals surface area contributed by atoms with Crippen molar-refractivity contribution in [3.05, 3.63) is 39.8 Å². The molecule has 2 aromatic rings. The summed E-state index contributed by atoms with van der Waals surface area (Å²) in [6.07, 6.45) is 0. The third-order valence-corrected chi connectivity index (χ3v) is 3.99. The smallest absolute Gasteiger partial charge is 0.321 e. The number of amides is 2. The molecule has 2 rings (SSSR count). The van der Waals surface area contributed by atoms with Gasteiger partial charge in [-0.3, -0.25) is 0 Å². The summed E-state index contributed by atoms with van der Waals surface area (Å²) in [6.45, 7) is 6.97. The zero-order valence-corrected chi connectivity index (χ0v) is 14.2. The highest BCUT2D eigenvalue weighted by Crippen LogP contribution is 2.22. The molecular formula is C16H21N3O2S. The molecule has 0 saturated carbocycles. The van der Waals surface area contributed by atoms with Crippen molar-refractivity contribution >= 4 is 23.1 Å². The maximum absolute atomic E-state index is 12.2. The molecule has 2 amide bonds. The number of benzene rings is 1. The number of nitrogens with one attached hydrogen (secondary N) is 1. The van der Waals surface area contributed by atoms with Gasteiger partial charge in [0.05, 0.1) is 23.9 Å². The van der Waals surface area contributed by atoms with Crippen LogP contribution in [0.4, 0.5) is 10.5 Å². The lowest BCUT2D eigenvalue weighted by Gasteiger charge is -2.18. The van der Waals surface area contributed by atoms with Crippen LogP contribution in [-0.2, 0) is 6.54 Å². The van der Waals surface area contributed by atoms with E-state index in [4.69, 9.17) is 4.74 Å². The zero-order chi connectivity index (χ0) is 16.1. The van der Waals surface area contributed by atoms with E-state index in [2.05, 4.69) is 10.3 Å². The Morgan fingerprint density at radius 3 is 2.77 bits per heavy atom. The predicted molar refractivity (Wildman–Crippen MR) is 89.7 cm³/mol. The lowest BCUT2D eigenvalue weighted by molar-refractivity contribution is 0.220. The number of aryl methyl sites for hydroxylation is 2. The molecule has 1 N–H and O–H groups in total. The fraction of sp³-hybridized carbons (Fsp3) is 0.375. The second kappa shape index (κ2) is 7.26.